The Kier molecular flexibility index (Phi) is 6.66. The normalized spacial score (nSPS) is 10.8. The number of hydrogen-bond donors (Lipinski definition) is 1. The van der Waals surface area contributed by atoms with Crippen LogP contribution >= 0.6 is 11.6 Å². The predicted octanol–water partition coefficient (Wildman–Crippen LogP) is 3.44. The standard InChI is InChI=1S/C21H22ClN3O3/c1-25(12-13-28-16-7-4-6-15(22)14-16)20(26)11-5-10-19-23-18-9-3-2-8-17(18)21(27)24-19/h2-4,6-9,14H,5,10-13H2,1H3,(H,23,24,27). The molecule has 6 nitrogen and oxygen atoms in total. The molecule has 1 aromatic heterocycles. The Morgan fingerprint density at radius 1 is 1.21 bits per heavy atom. The Labute approximate surface area is 168 Å². The van der Waals surface area contributed by atoms with Gasteiger partial charge in [-0.25, -0.2) is 4.98 Å². The molecule has 28 heavy (non-hydrogen) atoms. The lowest BCUT2D eigenvalue weighted by molar-refractivity contribution is -0.130. The molecule has 0 bridgehead atoms. The van der Waals surface area contributed by atoms with Crippen LogP contribution in [0.15, 0.2) is 53.3 Å². The van der Waals surface area contributed by atoms with Crippen LogP contribution in [0.4, 0.5) is 0 Å². The molecule has 146 valence electrons. The van der Waals surface area contributed by atoms with E-state index in [0.717, 1.165) is 0 Å². The second kappa shape index (κ2) is 9.37. The number of aromatic amines is 1. The van der Waals surface area contributed by atoms with E-state index in [2.05, 4.69) is 9.97 Å². The summed E-state index contributed by atoms with van der Waals surface area (Å²) in [6.45, 7) is 0.874. The molecule has 0 radical (unpaired) electrons. The van der Waals surface area contributed by atoms with E-state index in [1.807, 2.05) is 30.3 Å². The summed E-state index contributed by atoms with van der Waals surface area (Å²) in [6, 6.07) is 14.4. The Hall–Kier alpha value is -2.86. The third-order valence-electron chi connectivity index (χ3n) is 4.38. The van der Waals surface area contributed by atoms with Gasteiger partial charge in [-0.3, -0.25) is 9.59 Å². The Balaban J connectivity index is 1.44. The lowest BCUT2D eigenvalue weighted by Crippen LogP contribution is -2.30. The van der Waals surface area contributed by atoms with Crippen LogP contribution in [-0.4, -0.2) is 41.0 Å². The van der Waals surface area contributed by atoms with E-state index in [4.69, 9.17) is 16.3 Å². The van der Waals surface area contributed by atoms with Gasteiger partial charge in [0, 0.05) is 24.9 Å². The fraction of sp³-hybridized carbons (Fsp3) is 0.286. The van der Waals surface area contributed by atoms with E-state index in [1.54, 1.807) is 30.1 Å². The van der Waals surface area contributed by atoms with Gasteiger partial charge in [-0.2, -0.15) is 0 Å². The zero-order chi connectivity index (χ0) is 19.9. The third-order valence-corrected chi connectivity index (χ3v) is 4.62. The van der Waals surface area contributed by atoms with Crippen LogP contribution in [0.3, 0.4) is 0 Å². The molecule has 0 saturated heterocycles. The van der Waals surface area contributed by atoms with Gasteiger partial charge in [0.1, 0.15) is 18.2 Å². The quantitative estimate of drug-likeness (QED) is 0.629. The number of likely N-dealkylation sites (N-methyl/N-ethyl adjacent to an activating group) is 1. The number of benzene rings is 2. The number of halogens is 1. The molecule has 0 aliphatic carbocycles. The van der Waals surface area contributed by atoms with E-state index >= 15 is 0 Å². The summed E-state index contributed by atoms with van der Waals surface area (Å²) in [5, 5.41) is 1.18. The first-order valence-corrected chi connectivity index (χ1v) is 9.51. The second-order valence-corrected chi connectivity index (χ2v) is 6.94. The summed E-state index contributed by atoms with van der Waals surface area (Å²) < 4.78 is 5.61. The van der Waals surface area contributed by atoms with Gasteiger partial charge in [0.05, 0.1) is 17.4 Å². The van der Waals surface area contributed by atoms with Crippen LogP contribution < -0.4 is 10.3 Å². The first-order chi connectivity index (χ1) is 13.5. The molecule has 1 amide bonds. The van der Waals surface area contributed by atoms with Crippen LogP contribution in [0.5, 0.6) is 5.75 Å². The number of carbonyl (C=O) groups excluding carboxylic acids is 1. The molecule has 0 aliphatic heterocycles. The number of amides is 1. The van der Waals surface area contributed by atoms with Crippen LogP contribution in [0.25, 0.3) is 10.9 Å². The van der Waals surface area contributed by atoms with E-state index in [-0.39, 0.29) is 11.5 Å². The van der Waals surface area contributed by atoms with Gasteiger partial charge in [0.25, 0.3) is 5.56 Å². The van der Waals surface area contributed by atoms with Gasteiger partial charge in [0.15, 0.2) is 0 Å². The van der Waals surface area contributed by atoms with Crippen molar-refractivity contribution in [3.8, 4) is 5.75 Å². The number of hydrogen-bond acceptors (Lipinski definition) is 4. The van der Waals surface area contributed by atoms with Crippen molar-refractivity contribution in [3.63, 3.8) is 0 Å². The maximum absolute atomic E-state index is 12.3. The third kappa shape index (κ3) is 5.33. The highest BCUT2D eigenvalue weighted by molar-refractivity contribution is 6.30. The minimum atomic E-state index is -0.151. The van der Waals surface area contributed by atoms with Gasteiger partial charge in [-0.1, -0.05) is 29.8 Å². The molecular weight excluding hydrogens is 378 g/mol. The van der Waals surface area contributed by atoms with E-state index in [1.165, 1.54) is 0 Å². The molecule has 2 aromatic carbocycles. The smallest absolute Gasteiger partial charge is 0.258 e. The molecule has 0 atom stereocenters. The fourth-order valence-corrected chi connectivity index (χ4v) is 3.01. The molecular formula is C21H22ClN3O3. The van der Waals surface area contributed by atoms with Gasteiger partial charge in [-0.15, -0.1) is 0 Å². The second-order valence-electron chi connectivity index (χ2n) is 6.50. The number of aryl methyl sites for hydroxylation is 1. The minimum Gasteiger partial charge on any atom is -0.492 e. The SMILES string of the molecule is CN(CCOc1cccc(Cl)c1)C(=O)CCCc1nc2ccccc2c(=O)[nH]1. The van der Waals surface area contributed by atoms with Crippen LogP contribution in [0.1, 0.15) is 18.7 Å². The first kappa shape index (κ1) is 19.9. The van der Waals surface area contributed by atoms with Crippen LogP contribution in [0.2, 0.25) is 5.02 Å². The topological polar surface area (TPSA) is 75.3 Å². The van der Waals surface area contributed by atoms with Crippen molar-refractivity contribution in [2.75, 3.05) is 20.2 Å². The molecule has 0 aliphatic rings. The van der Waals surface area contributed by atoms with Crippen molar-refractivity contribution in [1.29, 1.82) is 0 Å². The zero-order valence-electron chi connectivity index (χ0n) is 15.7. The van der Waals surface area contributed by atoms with E-state index < -0.39 is 0 Å². The molecule has 0 saturated carbocycles. The number of carbonyl (C=O) groups is 1. The van der Waals surface area contributed by atoms with Crippen LogP contribution in [-0.2, 0) is 11.2 Å². The van der Waals surface area contributed by atoms with Crippen molar-refractivity contribution in [3.05, 3.63) is 69.7 Å². The lowest BCUT2D eigenvalue weighted by atomic mass is 10.2. The number of para-hydroxylation sites is 1. The summed E-state index contributed by atoms with van der Waals surface area (Å²) in [4.78, 5) is 33.2. The Morgan fingerprint density at radius 2 is 2.04 bits per heavy atom. The largest absolute Gasteiger partial charge is 0.492 e. The van der Waals surface area contributed by atoms with Gasteiger partial charge >= 0.3 is 0 Å². The van der Waals surface area contributed by atoms with Crippen molar-refractivity contribution in [2.24, 2.45) is 0 Å². The molecule has 1 heterocycles. The fourth-order valence-electron chi connectivity index (χ4n) is 2.83. The maximum atomic E-state index is 12.3. The Bertz CT molecular complexity index is 1020. The number of aromatic nitrogens is 2. The monoisotopic (exact) mass is 399 g/mol. The van der Waals surface area contributed by atoms with Crippen molar-refractivity contribution < 1.29 is 9.53 Å². The van der Waals surface area contributed by atoms with Crippen molar-refractivity contribution >= 4 is 28.4 Å². The highest BCUT2D eigenvalue weighted by Gasteiger charge is 2.10. The predicted molar refractivity (Wildman–Crippen MR) is 110 cm³/mol. The molecule has 0 fully saturated rings. The van der Waals surface area contributed by atoms with Gasteiger partial charge in [-0.05, 0) is 36.8 Å². The number of nitrogens with zero attached hydrogens (tertiary/aromatic N) is 2. The number of H-pyrrole nitrogens is 1. The minimum absolute atomic E-state index is 0.0258. The zero-order valence-corrected chi connectivity index (χ0v) is 16.4. The summed E-state index contributed by atoms with van der Waals surface area (Å²) in [5.74, 6) is 1.31. The number of rotatable bonds is 8. The molecule has 3 aromatic rings. The van der Waals surface area contributed by atoms with E-state index in [9.17, 15) is 9.59 Å². The number of fused-ring (bicyclic) bond motifs is 1. The average molecular weight is 400 g/mol. The Morgan fingerprint density at radius 3 is 2.86 bits per heavy atom. The lowest BCUT2D eigenvalue weighted by Gasteiger charge is -2.17. The maximum Gasteiger partial charge on any atom is 0.258 e. The summed E-state index contributed by atoms with van der Waals surface area (Å²) in [5.41, 5.74) is 0.519. The number of ether oxygens (including phenoxy) is 1. The van der Waals surface area contributed by atoms with Crippen LogP contribution in [0, 0.1) is 0 Å². The summed E-state index contributed by atoms with van der Waals surface area (Å²) in [7, 11) is 1.75. The first-order valence-electron chi connectivity index (χ1n) is 9.13. The highest BCUT2D eigenvalue weighted by Crippen LogP contribution is 2.17. The number of nitrogens with one attached hydrogen (secondary N) is 1. The average Bonchev–Trinajstić information content (AvgIpc) is 2.68. The summed E-state index contributed by atoms with van der Waals surface area (Å²) in [6.07, 6.45) is 1.53. The highest BCUT2D eigenvalue weighted by atomic mass is 35.5. The van der Waals surface area contributed by atoms with Gasteiger partial charge in [0.2, 0.25) is 5.91 Å². The molecule has 0 unspecified atom stereocenters. The summed E-state index contributed by atoms with van der Waals surface area (Å²) >= 11 is 5.91. The molecule has 3 rings (SSSR count). The molecule has 7 heteroatoms. The molecule has 1 N–H and O–H groups in total. The van der Waals surface area contributed by atoms with E-state index in [0.29, 0.717) is 59.9 Å². The van der Waals surface area contributed by atoms with Crippen molar-refractivity contribution in [1.82, 2.24) is 14.9 Å². The van der Waals surface area contributed by atoms with Crippen molar-refractivity contribution in [2.45, 2.75) is 19.3 Å². The molecule has 0 spiro atoms. The van der Waals surface area contributed by atoms with Gasteiger partial charge < -0.3 is 14.6 Å².